The summed E-state index contributed by atoms with van der Waals surface area (Å²) in [5.74, 6) is 0.627. The molecule has 2 aromatic rings. The van der Waals surface area contributed by atoms with E-state index in [1.807, 2.05) is 48.7 Å². The first-order valence-electron chi connectivity index (χ1n) is 6.43. The monoisotopic (exact) mass is 290 g/mol. The van der Waals surface area contributed by atoms with E-state index in [-0.39, 0.29) is 5.91 Å². The molecule has 0 bridgehead atoms. The van der Waals surface area contributed by atoms with Crippen molar-refractivity contribution in [2.24, 2.45) is 5.73 Å². The van der Waals surface area contributed by atoms with Gasteiger partial charge in [0.05, 0.1) is 6.54 Å². The highest BCUT2D eigenvalue weighted by Gasteiger charge is 2.15. The van der Waals surface area contributed by atoms with E-state index in [9.17, 15) is 4.79 Å². The standard InChI is InChI=1S/C15H18N2O2S/c1-11-4-2-5-12(10-11)19-8-7-17-15(18)14(16)13-6-3-9-20-13/h2-6,9-10,14H,7-8,16H2,1H3,(H,17,18). The van der Waals surface area contributed by atoms with E-state index in [0.29, 0.717) is 13.2 Å². The average Bonchev–Trinajstić information content (AvgIpc) is 2.96. The Morgan fingerprint density at radius 3 is 2.95 bits per heavy atom. The molecule has 0 spiro atoms. The molecule has 0 aliphatic carbocycles. The van der Waals surface area contributed by atoms with Crippen LogP contribution in [0.1, 0.15) is 16.5 Å². The first-order chi connectivity index (χ1) is 9.66. The minimum atomic E-state index is -0.603. The van der Waals surface area contributed by atoms with Crippen molar-refractivity contribution in [1.29, 1.82) is 0 Å². The van der Waals surface area contributed by atoms with Gasteiger partial charge in [0.2, 0.25) is 5.91 Å². The van der Waals surface area contributed by atoms with E-state index >= 15 is 0 Å². The molecule has 5 heteroatoms. The number of hydrogen-bond donors (Lipinski definition) is 2. The van der Waals surface area contributed by atoms with Gasteiger partial charge in [-0.25, -0.2) is 0 Å². The number of benzene rings is 1. The smallest absolute Gasteiger partial charge is 0.242 e. The van der Waals surface area contributed by atoms with Crippen LogP contribution in [0, 0.1) is 6.92 Å². The molecule has 4 nitrogen and oxygen atoms in total. The Balaban J connectivity index is 1.72. The lowest BCUT2D eigenvalue weighted by Gasteiger charge is -2.11. The van der Waals surface area contributed by atoms with Crippen LogP contribution in [0.5, 0.6) is 5.75 Å². The molecule has 0 radical (unpaired) electrons. The summed E-state index contributed by atoms with van der Waals surface area (Å²) in [6.45, 7) is 2.87. The summed E-state index contributed by atoms with van der Waals surface area (Å²) in [5.41, 5.74) is 7.00. The van der Waals surface area contributed by atoms with Crippen LogP contribution in [0.4, 0.5) is 0 Å². The van der Waals surface area contributed by atoms with Crippen LogP contribution in [-0.4, -0.2) is 19.1 Å². The molecule has 1 heterocycles. The summed E-state index contributed by atoms with van der Waals surface area (Å²) in [7, 11) is 0. The molecule has 1 amide bonds. The summed E-state index contributed by atoms with van der Waals surface area (Å²) >= 11 is 1.48. The second-order valence-electron chi connectivity index (χ2n) is 4.45. The molecule has 3 N–H and O–H groups in total. The Bertz CT molecular complexity index is 555. The van der Waals surface area contributed by atoms with Crippen molar-refractivity contribution in [1.82, 2.24) is 5.32 Å². The van der Waals surface area contributed by atoms with Crippen molar-refractivity contribution in [3.8, 4) is 5.75 Å². The van der Waals surface area contributed by atoms with Crippen molar-refractivity contribution in [2.75, 3.05) is 13.2 Å². The Kier molecular flexibility index (Phi) is 5.15. The number of nitrogens with one attached hydrogen (secondary N) is 1. The number of ether oxygens (including phenoxy) is 1. The Morgan fingerprint density at radius 2 is 2.25 bits per heavy atom. The van der Waals surface area contributed by atoms with E-state index in [1.165, 1.54) is 11.3 Å². The summed E-state index contributed by atoms with van der Waals surface area (Å²) in [6, 6.07) is 10.9. The molecule has 0 saturated carbocycles. The van der Waals surface area contributed by atoms with Gasteiger partial charge in [-0.05, 0) is 36.1 Å². The zero-order valence-corrected chi connectivity index (χ0v) is 12.2. The van der Waals surface area contributed by atoms with E-state index < -0.39 is 6.04 Å². The maximum atomic E-state index is 11.8. The Labute approximate surface area is 122 Å². The second-order valence-corrected chi connectivity index (χ2v) is 5.43. The predicted octanol–water partition coefficient (Wildman–Crippen LogP) is 2.25. The lowest BCUT2D eigenvalue weighted by Crippen LogP contribution is -2.36. The number of rotatable bonds is 6. The Hall–Kier alpha value is -1.85. The third-order valence-corrected chi connectivity index (χ3v) is 3.75. The number of aryl methyl sites for hydroxylation is 1. The topological polar surface area (TPSA) is 64.3 Å². The zero-order chi connectivity index (χ0) is 14.4. The highest BCUT2D eigenvalue weighted by molar-refractivity contribution is 7.10. The maximum absolute atomic E-state index is 11.8. The average molecular weight is 290 g/mol. The number of carbonyl (C=O) groups is 1. The molecule has 0 aliphatic rings. The number of nitrogens with two attached hydrogens (primary N) is 1. The van der Waals surface area contributed by atoms with Gasteiger partial charge in [0.1, 0.15) is 18.4 Å². The first kappa shape index (κ1) is 14.6. The van der Waals surface area contributed by atoms with Crippen molar-refractivity contribution >= 4 is 17.2 Å². The molecule has 2 rings (SSSR count). The molecule has 0 saturated heterocycles. The fourth-order valence-corrected chi connectivity index (χ4v) is 2.48. The molecule has 0 fully saturated rings. The van der Waals surface area contributed by atoms with Gasteiger partial charge < -0.3 is 15.8 Å². The molecule has 0 aliphatic heterocycles. The van der Waals surface area contributed by atoms with Gasteiger partial charge in [0, 0.05) is 4.88 Å². The SMILES string of the molecule is Cc1cccc(OCCNC(=O)C(N)c2cccs2)c1. The highest BCUT2D eigenvalue weighted by atomic mass is 32.1. The normalized spacial score (nSPS) is 11.9. The molecule has 1 aromatic heterocycles. The van der Waals surface area contributed by atoms with Gasteiger partial charge in [-0.1, -0.05) is 18.2 Å². The largest absolute Gasteiger partial charge is 0.492 e. The minimum absolute atomic E-state index is 0.180. The van der Waals surface area contributed by atoms with E-state index in [0.717, 1.165) is 16.2 Å². The van der Waals surface area contributed by atoms with Gasteiger partial charge in [-0.3, -0.25) is 4.79 Å². The van der Waals surface area contributed by atoms with Gasteiger partial charge in [-0.2, -0.15) is 0 Å². The van der Waals surface area contributed by atoms with Crippen LogP contribution < -0.4 is 15.8 Å². The number of carbonyl (C=O) groups excluding carboxylic acids is 1. The van der Waals surface area contributed by atoms with Gasteiger partial charge in [-0.15, -0.1) is 11.3 Å². The molecule has 20 heavy (non-hydrogen) atoms. The summed E-state index contributed by atoms with van der Waals surface area (Å²) in [6.07, 6.45) is 0. The highest BCUT2D eigenvalue weighted by Crippen LogP contribution is 2.16. The summed E-state index contributed by atoms with van der Waals surface area (Å²) in [4.78, 5) is 12.7. The zero-order valence-electron chi connectivity index (χ0n) is 11.3. The van der Waals surface area contributed by atoms with Crippen LogP contribution in [0.3, 0.4) is 0 Å². The van der Waals surface area contributed by atoms with Crippen LogP contribution in [-0.2, 0) is 4.79 Å². The van der Waals surface area contributed by atoms with E-state index in [4.69, 9.17) is 10.5 Å². The van der Waals surface area contributed by atoms with Crippen molar-refractivity contribution in [2.45, 2.75) is 13.0 Å². The number of hydrogen-bond acceptors (Lipinski definition) is 4. The molecule has 1 atom stereocenters. The second kappa shape index (κ2) is 7.07. The summed E-state index contributed by atoms with van der Waals surface area (Å²) in [5, 5.41) is 4.68. The predicted molar refractivity (Wildman–Crippen MR) is 80.9 cm³/mol. The van der Waals surface area contributed by atoms with Gasteiger partial charge in [0.15, 0.2) is 0 Å². The molecule has 1 aromatic carbocycles. The number of amides is 1. The molecule has 106 valence electrons. The molecular formula is C15H18N2O2S. The van der Waals surface area contributed by atoms with E-state index in [2.05, 4.69) is 5.32 Å². The third-order valence-electron chi connectivity index (χ3n) is 2.79. The van der Waals surface area contributed by atoms with Gasteiger partial charge >= 0.3 is 0 Å². The van der Waals surface area contributed by atoms with Crippen LogP contribution in [0.15, 0.2) is 41.8 Å². The van der Waals surface area contributed by atoms with Crippen molar-refractivity contribution in [3.05, 3.63) is 52.2 Å². The van der Waals surface area contributed by atoms with Crippen LogP contribution in [0.25, 0.3) is 0 Å². The maximum Gasteiger partial charge on any atom is 0.242 e. The van der Waals surface area contributed by atoms with Crippen molar-refractivity contribution < 1.29 is 9.53 Å². The quantitative estimate of drug-likeness (QED) is 0.802. The summed E-state index contributed by atoms with van der Waals surface area (Å²) < 4.78 is 5.55. The fourth-order valence-electron chi connectivity index (χ4n) is 1.76. The fraction of sp³-hybridized carbons (Fsp3) is 0.267. The van der Waals surface area contributed by atoms with Gasteiger partial charge in [0.25, 0.3) is 0 Å². The van der Waals surface area contributed by atoms with E-state index in [1.54, 1.807) is 0 Å². The van der Waals surface area contributed by atoms with Crippen LogP contribution >= 0.6 is 11.3 Å². The first-order valence-corrected chi connectivity index (χ1v) is 7.31. The van der Waals surface area contributed by atoms with Crippen molar-refractivity contribution in [3.63, 3.8) is 0 Å². The molecular weight excluding hydrogens is 272 g/mol. The lowest BCUT2D eigenvalue weighted by atomic mass is 10.2. The van der Waals surface area contributed by atoms with Crippen LogP contribution in [0.2, 0.25) is 0 Å². The minimum Gasteiger partial charge on any atom is -0.492 e. The Morgan fingerprint density at radius 1 is 1.40 bits per heavy atom. The lowest BCUT2D eigenvalue weighted by molar-refractivity contribution is -0.122. The molecule has 1 unspecified atom stereocenters. The third kappa shape index (κ3) is 4.08. The number of thiophene rings is 1.